The Labute approximate surface area is 149 Å². The molecule has 0 saturated heterocycles. The van der Waals surface area contributed by atoms with Gasteiger partial charge in [0.1, 0.15) is 11.3 Å². The number of thiophene rings is 1. The van der Waals surface area contributed by atoms with Crippen LogP contribution in [0.2, 0.25) is 0 Å². The van der Waals surface area contributed by atoms with Gasteiger partial charge in [0, 0.05) is 21.2 Å². The average molecular weight is 341 g/mol. The van der Waals surface area contributed by atoms with E-state index < -0.39 is 0 Å². The molecule has 120 valence electrons. The smallest absolute Gasteiger partial charge is 0.162 e. The predicted molar refractivity (Wildman–Crippen MR) is 105 cm³/mol. The van der Waals surface area contributed by atoms with Crippen LogP contribution in [0.25, 0.3) is 43.8 Å². The van der Waals surface area contributed by atoms with Gasteiger partial charge in [-0.05, 0) is 31.2 Å². The number of hydrogen-bond donors (Lipinski definition) is 0. The zero-order chi connectivity index (χ0) is 16.8. The fourth-order valence-corrected chi connectivity index (χ4v) is 4.06. The molecule has 0 N–H and O–H groups in total. The minimum atomic E-state index is 0.864. The molecule has 0 unspecified atom stereocenters. The summed E-state index contributed by atoms with van der Waals surface area (Å²) in [6.45, 7) is 2.12. The maximum Gasteiger partial charge on any atom is 0.162 e. The molecule has 0 aliphatic heterocycles. The summed E-state index contributed by atoms with van der Waals surface area (Å²) in [6, 6.07) is 24.9. The minimum absolute atomic E-state index is 0.864. The van der Waals surface area contributed by atoms with E-state index in [1.54, 1.807) is 11.3 Å². The number of aryl methyl sites for hydroxylation is 1. The maximum absolute atomic E-state index is 6.18. The van der Waals surface area contributed by atoms with Gasteiger partial charge in [-0.2, -0.15) is 0 Å². The minimum Gasteiger partial charge on any atom is -0.454 e. The van der Waals surface area contributed by atoms with Gasteiger partial charge in [-0.3, -0.25) is 0 Å². The number of aromatic nitrogens is 1. The van der Waals surface area contributed by atoms with Gasteiger partial charge in [0.25, 0.3) is 0 Å². The molecule has 0 aliphatic carbocycles. The van der Waals surface area contributed by atoms with Crippen molar-refractivity contribution in [1.82, 2.24) is 4.98 Å². The summed E-state index contributed by atoms with van der Waals surface area (Å²) < 4.78 is 6.18. The molecule has 25 heavy (non-hydrogen) atoms. The highest BCUT2D eigenvalue weighted by molar-refractivity contribution is 7.15. The highest BCUT2D eigenvalue weighted by Gasteiger charge is 2.17. The van der Waals surface area contributed by atoms with Crippen molar-refractivity contribution >= 4 is 33.3 Å². The molecule has 0 amide bonds. The molecular formula is C22H15NOS. The van der Waals surface area contributed by atoms with E-state index in [1.165, 1.54) is 4.88 Å². The van der Waals surface area contributed by atoms with Crippen LogP contribution in [0.15, 0.2) is 77.2 Å². The molecule has 0 spiro atoms. The van der Waals surface area contributed by atoms with Crippen molar-refractivity contribution in [2.75, 3.05) is 0 Å². The largest absolute Gasteiger partial charge is 0.454 e. The number of furan rings is 1. The van der Waals surface area contributed by atoms with Crippen LogP contribution in [-0.2, 0) is 0 Å². The molecule has 3 heteroatoms. The zero-order valence-electron chi connectivity index (χ0n) is 13.7. The second kappa shape index (κ2) is 5.57. The summed E-state index contributed by atoms with van der Waals surface area (Å²) in [4.78, 5) is 7.37. The summed E-state index contributed by atoms with van der Waals surface area (Å²) in [7, 11) is 0. The van der Waals surface area contributed by atoms with E-state index in [4.69, 9.17) is 9.40 Å². The van der Waals surface area contributed by atoms with Crippen molar-refractivity contribution in [1.29, 1.82) is 0 Å². The lowest BCUT2D eigenvalue weighted by Gasteiger charge is -2.05. The summed E-state index contributed by atoms with van der Waals surface area (Å²) in [5.41, 5.74) is 4.78. The number of para-hydroxylation sites is 1. The lowest BCUT2D eigenvalue weighted by atomic mass is 10.1. The third kappa shape index (κ3) is 2.36. The van der Waals surface area contributed by atoms with E-state index in [0.717, 1.165) is 43.8 Å². The second-order valence-corrected chi connectivity index (χ2v) is 7.40. The van der Waals surface area contributed by atoms with Crippen molar-refractivity contribution in [3.8, 4) is 21.8 Å². The molecule has 0 saturated carbocycles. The monoisotopic (exact) mass is 341 g/mol. The van der Waals surface area contributed by atoms with Crippen molar-refractivity contribution < 1.29 is 4.42 Å². The van der Waals surface area contributed by atoms with Gasteiger partial charge >= 0.3 is 0 Å². The molecule has 0 fully saturated rings. The van der Waals surface area contributed by atoms with Crippen LogP contribution in [0.3, 0.4) is 0 Å². The van der Waals surface area contributed by atoms with Crippen molar-refractivity contribution in [2.24, 2.45) is 0 Å². The molecule has 2 nitrogen and oxygen atoms in total. The highest BCUT2D eigenvalue weighted by atomic mass is 32.1. The Bertz CT molecular complexity index is 1200. The summed E-state index contributed by atoms with van der Waals surface area (Å²) >= 11 is 1.75. The zero-order valence-corrected chi connectivity index (χ0v) is 14.5. The number of pyridine rings is 1. The lowest BCUT2D eigenvalue weighted by Crippen LogP contribution is -1.87. The fourth-order valence-electron chi connectivity index (χ4n) is 3.21. The predicted octanol–water partition coefficient (Wildman–Crippen LogP) is 6.68. The molecule has 0 bridgehead atoms. The first-order valence-electron chi connectivity index (χ1n) is 8.24. The van der Waals surface area contributed by atoms with E-state index >= 15 is 0 Å². The normalized spacial score (nSPS) is 11.4. The number of nitrogens with zero attached hydrogens (tertiary/aromatic N) is 1. The SMILES string of the molecule is Cc1ccc(-c2nc(-c3ccccc3)cc3c2oc2ccccc23)s1. The number of hydrogen-bond acceptors (Lipinski definition) is 3. The topological polar surface area (TPSA) is 26.0 Å². The maximum atomic E-state index is 6.18. The van der Waals surface area contributed by atoms with Gasteiger partial charge in [0.2, 0.25) is 0 Å². The fraction of sp³-hybridized carbons (Fsp3) is 0.0455. The third-order valence-electron chi connectivity index (χ3n) is 4.41. The Kier molecular flexibility index (Phi) is 3.22. The van der Waals surface area contributed by atoms with Crippen molar-refractivity contribution in [3.05, 3.63) is 77.7 Å². The molecule has 3 heterocycles. The van der Waals surface area contributed by atoms with Crippen LogP contribution >= 0.6 is 11.3 Å². The van der Waals surface area contributed by atoms with Crippen molar-refractivity contribution in [2.45, 2.75) is 6.92 Å². The van der Waals surface area contributed by atoms with E-state index in [1.807, 2.05) is 30.3 Å². The van der Waals surface area contributed by atoms with Crippen molar-refractivity contribution in [3.63, 3.8) is 0 Å². The highest BCUT2D eigenvalue weighted by Crippen LogP contribution is 2.39. The van der Waals surface area contributed by atoms with Gasteiger partial charge in [0.05, 0.1) is 10.6 Å². The first kappa shape index (κ1) is 14.4. The van der Waals surface area contributed by atoms with Crippen LogP contribution in [0.1, 0.15) is 4.88 Å². The average Bonchev–Trinajstić information content (AvgIpc) is 3.25. The van der Waals surface area contributed by atoms with Gasteiger partial charge < -0.3 is 4.42 Å². The Hall–Kier alpha value is -2.91. The van der Waals surface area contributed by atoms with Gasteiger partial charge in [-0.25, -0.2) is 4.98 Å². The third-order valence-corrected chi connectivity index (χ3v) is 5.41. The molecule has 0 radical (unpaired) electrons. The first-order valence-corrected chi connectivity index (χ1v) is 9.06. The molecule has 0 aliphatic rings. The van der Waals surface area contributed by atoms with Crippen LogP contribution < -0.4 is 0 Å². The van der Waals surface area contributed by atoms with E-state index in [9.17, 15) is 0 Å². The number of benzene rings is 2. The molecule has 3 aromatic heterocycles. The lowest BCUT2D eigenvalue weighted by molar-refractivity contribution is 0.668. The Balaban J connectivity index is 1.90. The van der Waals surface area contributed by atoms with Crippen LogP contribution in [0.4, 0.5) is 0 Å². The molecular weight excluding hydrogens is 326 g/mol. The van der Waals surface area contributed by atoms with E-state index in [2.05, 4.69) is 49.4 Å². The summed E-state index contributed by atoms with van der Waals surface area (Å²) in [5.74, 6) is 0. The van der Waals surface area contributed by atoms with Crippen LogP contribution in [0, 0.1) is 6.92 Å². The Morgan fingerprint density at radius 3 is 2.44 bits per heavy atom. The standard InChI is InChI=1S/C22H15NOS/c1-14-11-12-20(25-14)21-22-17(16-9-5-6-10-19(16)24-22)13-18(23-21)15-7-3-2-4-8-15/h2-13H,1H3. The Morgan fingerprint density at radius 1 is 0.840 bits per heavy atom. The van der Waals surface area contributed by atoms with Gasteiger partial charge in [0.15, 0.2) is 5.58 Å². The van der Waals surface area contributed by atoms with Gasteiger partial charge in [-0.15, -0.1) is 11.3 Å². The van der Waals surface area contributed by atoms with Crippen LogP contribution in [0.5, 0.6) is 0 Å². The summed E-state index contributed by atoms with van der Waals surface area (Å²) in [5, 5.41) is 2.25. The second-order valence-electron chi connectivity index (χ2n) is 6.11. The summed E-state index contributed by atoms with van der Waals surface area (Å²) in [6.07, 6.45) is 0. The molecule has 2 aromatic carbocycles. The Morgan fingerprint density at radius 2 is 1.64 bits per heavy atom. The molecule has 5 rings (SSSR count). The quantitative estimate of drug-likeness (QED) is 0.358. The first-order chi connectivity index (χ1) is 12.3. The van der Waals surface area contributed by atoms with Crippen LogP contribution in [-0.4, -0.2) is 4.98 Å². The number of rotatable bonds is 2. The number of fused-ring (bicyclic) bond motifs is 3. The molecule has 0 atom stereocenters. The van der Waals surface area contributed by atoms with E-state index in [0.29, 0.717) is 0 Å². The molecule has 5 aromatic rings. The van der Waals surface area contributed by atoms with Gasteiger partial charge in [-0.1, -0.05) is 48.5 Å². The van der Waals surface area contributed by atoms with E-state index in [-0.39, 0.29) is 0 Å².